The van der Waals surface area contributed by atoms with Gasteiger partial charge in [0.25, 0.3) is 0 Å². The number of aliphatic hydroxyl groups excluding tert-OH is 1. The summed E-state index contributed by atoms with van der Waals surface area (Å²) in [6.45, 7) is 17.6. The molecule has 2 heterocycles. The predicted molar refractivity (Wildman–Crippen MR) is 167 cm³/mol. The Morgan fingerprint density at radius 2 is 1.89 bits per heavy atom. The molecule has 12 heteroatoms. The first kappa shape index (κ1) is 34.2. The van der Waals surface area contributed by atoms with Crippen LogP contribution in [0.4, 0.5) is 19.0 Å². The SMILES string of the molecule is C=C[C@]1(C)C[C@@H](OC(=O)CSc2nc(N3CCN(CC)CC3)cc(C(F)(F)F)n2)[C@]2(C)[C@H](C)CC[C@]3(CCC(=O)[C@H]32)[C@@H](C)[C@@H]1O. The molecular formula is C33H47F3N4O4S. The lowest BCUT2D eigenvalue weighted by Gasteiger charge is -2.61. The summed E-state index contributed by atoms with van der Waals surface area (Å²) < 4.78 is 47.8. The molecule has 0 radical (unpaired) electrons. The predicted octanol–water partition coefficient (Wildman–Crippen LogP) is 5.64. The van der Waals surface area contributed by atoms with Gasteiger partial charge < -0.3 is 19.6 Å². The van der Waals surface area contributed by atoms with E-state index in [0.717, 1.165) is 50.3 Å². The molecule has 1 aromatic heterocycles. The molecular weight excluding hydrogens is 605 g/mol. The summed E-state index contributed by atoms with van der Waals surface area (Å²) in [7, 11) is 0. The van der Waals surface area contributed by atoms with Crippen LogP contribution in [0.5, 0.6) is 0 Å². The molecule has 0 unspecified atom stereocenters. The first-order valence-electron chi connectivity index (χ1n) is 16.2. The molecule has 3 aliphatic carbocycles. The zero-order chi connectivity index (χ0) is 32.9. The van der Waals surface area contributed by atoms with Gasteiger partial charge in [0, 0.05) is 55.4 Å². The van der Waals surface area contributed by atoms with E-state index in [-0.39, 0.29) is 46.7 Å². The second kappa shape index (κ2) is 12.4. The first-order valence-corrected chi connectivity index (χ1v) is 17.2. The van der Waals surface area contributed by atoms with Gasteiger partial charge in [-0.25, -0.2) is 9.97 Å². The monoisotopic (exact) mass is 652 g/mol. The molecule has 1 aliphatic heterocycles. The van der Waals surface area contributed by atoms with Crippen LogP contribution in [0.2, 0.25) is 0 Å². The van der Waals surface area contributed by atoms with Crippen molar-refractivity contribution in [2.24, 2.45) is 34.0 Å². The van der Waals surface area contributed by atoms with E-state index in [1.165, 1.54) is 0 Å². The summed E-state index contributed by atoms with van der Waals surface area (Å²) in [6.07, 6.45) is -1.33. The van der Waals surface area contributed by atoms with E-state index in [0.29, 0.717) is 25.9 Å². The number of nitrogens with zero attached hydrogens (tertiary/aromatic N) is 4. The Balaban J connectivity index is 1.40. The molecule has 0 amide bonds. The van der Waals surface area contributed by atoms with Crippen LogP contribution in [0.3, 0.4) is 0 Å². The van der Waals surface area contributed by atoms with E-state index in [9.17, 15) is 27.9 Å². The van der Waals surface area contributed by atoms with Gasteiger partial charge in [0.05, 0.1) is 11.9 Å². The van der Waals surface area contributed by atoms with Crippen molar-refractivity contribution in [3.8, 4) is 0 Å². The molecule has 0 aromatic carbocycles. The molecule has 4 aliphatic rings. The molecule has 8 nitrogen and oxygen atoms in total. The number of aromatic nitrogens is 2. The van der Waals surface area contributed by atoms with E-state index >= 15 is 0 Å². The van der Waals surface area contributed by atoms with Gasteiger partial charge in [0.2, 0.25) is 0 Å². The quantitative estimate of drug-likeness (QED) is 0.174. The number of aliphatic hydroxyl groups is 1. The number of carbonyl (C=O) groups is 2. The topological polar surface area (TPSA) is 95.9 Å². The third-order valence-electron chi connectivity index (χ3n) is 12.0. The van der Waals surface area contributed by atoms with E-state index in [2.05, 4.69) is 35.3 Å². The van der Waals surface area contributed by atoms with Crippen LogP contribution in [0, 0.1) is 34.0 Å². The Morgan fingerprint density at radius 1 is 1.20 bits per heavy atom. The number of carbonyl (C=O) groups excluding carboxylic acids is 2. The van der Waals surface area contributed by atoms with Gasteiger partial charge in [-0.1, -0.05) is 52.5 Å². The number of ketones is 1. The number of halogens is 3. The molecule has 1 saturated heterocycles. The fourth-order valence-electron chi connectivity index (χ4n) is 8.90. The van der Waals surface area contributed by atoms with E-state index < -0.39 is 46.3 Å². The zero-order valence-electron chi connectivity index (χ0n) is 27.0. The largest absolute Gasteiger partial charge is 0.461 e. The Morgan fingerprint density at radius 3 is 2.51 bits per heavy atom. The van der Waals surface area contributed by atoms with E-state index in [1.807, 2.05) is 25.7 Å². The number of hydrogen-bond donors (Lipinski definition) is 1. The number of anilines is 1. The van der Waals surface area contributed by atoms with Gasteiger partial charge in [-0.2, -0.15) is 13.2 Å². The van der Waals surface area contributed by atoms with Crippen molar-refractivity contribution in [3.63, 3.8) is 0 Å². The van der Waals surface area contributed by atoms with Crippen molar-refractivity contribution in [1.29, 1.82) is 0 Å². The summed E-state index contributed by atoms with van der Waals surface area (Å²) >= 11 is 0.818. The Kier molecular flexibility index (Phi) is 9.45. The fourth-order valence-corrected chi connectivity index (χ4v) is 9.53. The smallest absolute Gasteiger partial charge is 0.433 e. The lowest BCUT2D eigenvalue weighted by atomic mass is 9.44. The highest BCUT2D eigenvalue weighted by Crippen LogP contribution is 2.68. The summed E-state index contributed by atoms with van der Waals surface area (Å²) in [5.74, 6) is -0.998. The van der Waals surface area contributed by atoms with Gasteiger partial charge in [0.1, 0.15) is 17.7 Å². The van der Waals surface area contributed by atoms with Crippen LogP contribution in [-0.4, -0.2) is 82.4 Å². The molecule has 4 fully saturated rings. The fraction of sp³-hybridized carbons (Fsp3) is 0.758. The molecule has 0 spiro atoms. The Bertz CT molecular complexity index is 1310. The summed E-state index contributed by atoms with van der Waals surface area (Å²) in [5, 5.41) is 11.6. The number of piperazine rings is 1. The van der Waals surface area contributed by atoms with Crippen LogP contribution in [0.1, 0.15) is 72.4 Å². The number of rotatable bonds is 7. The first-order chi connectivity index (χ1) is 21.1. The maximum absolute atomic E-state index is 13.8. The van der Waals surface area contributed by atoms with Crippen molar-refractivity contribution in [1.82, 2.24) is 14.9 Å². The molecule has 250 valence electrons. The molecule has 1 N–H and O–H groups in total. The van der Waals surface area contributed by atoms with Crippen LogP contribution < -0.4 is 4.90 Å². The zero-order valence-corrected chi connectivity index (χ0v) is 27.8. The third kappa shape index (κ3) is 6.04. The third-order valence-corrected chi connectivity index (χ3v) is 12.8. The standard InChI is InChI=1S/C33H47F3N4O4S/c1-7-30(5)18-24(31(6)20(3)9-11-32(21(4)28(30)43)12-10-22(41)27(31)32)44-26(42)19-45-29-37-23(33(34,35)36)17-25(38-29)40-15-13-39(8-2)14-16-40/h7,17,20-21,24,27-28,43H,1,8-16,18-19H2,2-6H3/t20-,21+,24-,27+,28+,30-,31+,32+/m1/s1. The van der Waals surface area contributed by atoms with Crippen molar-refractivity contribution < 1.29 is 32.6 Å². The van der Waals surface area contributed by atoms with Crippen molar-refractivity contribution in [2.75, 3.05) is 43.4 Å². The molecule has 8 atom stereocenters. The highest BCUT2D eigenvalue weighted by atomic mass is 32.2. The summed E-state index contributed by atoms with van der Waals surface area (Å²) in [4.78, 5) is 39.3. The number of alkyl halides is 3. The van der Waals surface area contributed by atoms with Crippen molar-refractivity contribution >= 4 is 29.3 Å². The van der Waals surface area contributed by atoms with Crippen LogP contribution in [-0.2, 0) is 20.5 Å². The second-order valence-corrected chi connectivity index (χ2v) is 15.1. The minimum atomic E-state index is -4.67. The second-order valence-electron chi connectivity index (χ2n) is 14.2. The van der Waals surface area contributed by atoms with Gasteiger partial charge in [-0.3, -0.25) is 9.59 Å². The van der Waals surface area contributed by atoms with Crippen molar-refractivity contribution in [3.05, 3.63) is 24.4 Å². The number of likely N-dealkylation sites (N-methyl/N-ethyl adjacent to an activating group) is 1. The average Bonchev–Trinajstić information content (AvgIpc) is 3.37. The minimum absolute atomic E-state index is 0.0715. The maximum atomic E-state index is 13.8. The molecule has 5 rings (SSSR count). The van der Waals surface area contributed by atoms with Crippen LogP contribution in [0.25, 0.3) is 0 Å². The van der Waals surface area contributed by atoms with Crippen molar-refractivity contribution in [2.45, 2.75) is 90.3 Å². The average molecular weight is 653 g/mol. The lowest BCUT2D eigenvalue weighted by molar-refractivity contribution is -0.205. The number of thioether (sulfide) groups is 1. The summed E-state index contributed by atoms with van der Waals surface area (Å²) in [5.41, 5.74) is -2.90. The number of esters is 1. The number of ether oxygens (including phenoxy) is 1. The number of Topliss-reactive ketones (excluding diaryl/α,β-unsaturated/α-hetero) is 1. The number of hydrogen-bond acceptors (Lipinski definition) is 9. The minimum Gasteiger partial charge on any atom is -0.461 e. The maximum Gasteiger partial charge on any atom is 0.433 e. The lowest BCUT2D eigenvalue weighted by Crippen LogP contribution is -2.63. The van der Waals surface area contributed by atoms with Crippen LogP contribution >= 0.6 is 11.8 Å². The molecule has 2 bridgehead atoms. The summed E-state index contributed by atoms with van der Waals surface area (Å²) in [6, 6.07) is 0.969. The van der Waals surface area contributed by atoms with Gasteiger partial charge >= 0.3 is 12.1 Å². The molecule has 3 saturated carbocycles. The van der Waals surface area contributed by atoms with Gasteiger partial charge in [-0.05, 0) is 49.5 Å². The normalized spacial score (nSPS) is 37.5. The van der Waals surface area contributed by atoms with E-state index in [1.54, 1.807) is 6.08 Å². The molecule has 1 aromatic rings. The molecule has 45 heavy (non-hydrogen) atoms. The van der Waals surface area contributed by atoms with Crippen LogP contribution in [0.15, 0.2) is 23.9 Å². The van der Waals surface area contributed by atoms with Gasteiger partial charge in [-0.15, -0.1) is 6.58 Å². The Labute approximate surface area is 268 Å². The highest BCUT2D eigenvalue weighted by Gasteiger charge is 2.68. The van der Waals surface area contributed by atoms with Gasteiger partial charge in [0.15, 0.2) is 10.9 Å². The van der Waals surface area contributed by atoms with E-state index in [4.69, 9.17) is 4.74 Å². The Hall–Kier alpha value is -2.18. The highest BCUT2D eigenvalue weighted by molar-refractivity contribution is 7.99.